The first-order valence-corrected chi connectivity index (χ1v) is 8.75. The van der Waals surface area contributed by atoms with E-state index in [1.165, 1.54) is 0 Å². The van der Waals surface area contributed by atoms with Crippen molar-refractivity contribution in [1.82, 2.24) is 0 Å². The van der Waals surface area contributed by atoms with Crippen LogP contribution in [0.3, 0.4) is 0 Å². The van der Waals surface area contributed by atoms with Crippen LogP contribution in [0.5, 0.6) is 5.75 Å². The number of benzene rings is 1. The lowest BCUT2D eigenvalue weighted by Gasteiger charge is -1.95. The monoisotopic (exact) mass is 354 g/mol. The maximum atomic E-state index is 9.63. The molecule has 0 heterocycles. The normalized spacial score (nSPS) is 13.6. The molecule has 1 aromatic rings. The maximum Gasteiger partial charge on any atom is 0.122 e. The topological polar surface area (TPSA) is 20.2 Å². The summed E-state index contributed by atoms with van der Waals surface area (Å²) in [6.07, 6.45) is 36.8. The van der Waals surface area contributed by atoms with Gasteiger partial charge in [-0.15, -0.1) is 0 Å². The van der Waals surface area contributed by atoms with Crippen LogP contribution in [0.25, 0.3) is 6.08 Å². The Morgan fingerprint density at radius 3 is 1.30 bits per heavy atom. The largest absolute Gasteiger partial charge is 0.507 e. The number of allylic oxidation sites excluding steroid dienone is 18. The summed E-state index contributed by atoms with van der Waals surface area (Å²) < 4.78 is 0. The summed E-state index contributed by atoms with van der Waals surface area (Å²) in [5.41, 5.74) is 0.805. The first-order chi connectivity index (χ1) is 13.3. The second kappa shape index (κ2) is 15.9. The summed E-state index contributed by atoms with van der Waals surface area (Å²) >= 11 is 0. The summed E-state index contributed by atoms with van der Waals surface area (Å²) in [7, 11) is 0. The van der Waals surface area contributed by atoms with Gasteiger partial charge in [-0.1, -0.05) is 140 Å². The van der Waals surface area contributed by atoms with Crippen molar-refractivity contribution in [2.75, 3.05) is 0 Å². The summed E-state index contributed by atoms with van der Waals surface area (Å²) in [5, 5.41) is 9.63. The summed E-state index contributed by atoms with van der Waals surface area (Å²) in [6.45, 7) is 3.60. The zero-order valence-corrected chi connectivity index (χ0v) is 15.4. The smallest absolute Gasteiger partial charge is 0.122 e. The highest BCUT2D eigenvalue weighted by molar-refractivity contribution is 5.57. The molecule has 27 heavy (non-hydrogen) atoms. The van der Waals surface area contributed by atoms with Gasteiger partial charge in [0.25, 0.3) is 0 Å². The lowest BCUT2D eigenvalue weighted by molar-refractivity contribution is 0.474. The van der Waals surface area contributed by atoms with E-state index in [1.807, 2.05) is 122 Å². The molecule has 1 aromatic carbocycles. The number of aromatic hydroxyl groups is 1. The van der Waals surface area contributed by atoms with Gasteiger partial charge >= 0.3 is 0 Å². The molecule has 0 saturated carbocycles. The Morgan fingerprint density at radius 1 is 0.519 bits per heavy atom. The van der Waals surface area contributed by atoms with Crippen LogP contribution in [0, 0.1) is 0 Å². The second-order valence-electron chi connectivity index (χ2n) is 5.23. The van der Waals surface area contributed by atoms with Crippen molar-refractivity contribution in [2.24, 2.45) is 0 Å². The summed E-state index contributed by atoms with van der Waals surface area (Å²) in [4.78, 5) is 0. The zero-order valence-electron chi connectivity index (χ0n) is 15.4. The number of phenolic OH excluding ortho intramolecular Hbond substituents is 1. The summed E-state index contributed by atoms with van der Waals surface area (Å²) in [6, 6.07) is 7.24. The Hall–Kier alpha value is -3.58. The van der Waals surface area contributed by atoms with Crippen molar-refractivity contribution in [2.45, 2.75) is 0 Å². The van der Waals surface area contributed by atoms with Gasteiger partial charge in [-0.25, -0.2) is 0 Å². The fraction of sp³-hybridized carbons (Fsp3) is 0. The molecular formula is C26H26O. The predicted molar refractivity (Wildman–Crippen MR) is 120 cm³/mol. The number of phenols is 1. The van der Waals surface area contributed by atoms with Crippen molar-refractivity contribution < 1.29 is 5.11 Å². The highest BCUT2D eigenvalue weighted by Crippen LogP contribution is 2.16. The van der Waals surface area contributed by atoms with Crippen LogP contribution in [0.4, 0.5) is 0 Å². The Kier molecular flexibility index (Phi) is 12.7. The minimum Gasteiger partial charge on any atom is -0.507 e. The molecule has 1 nitrogen and oxygen atoms in total. The maximum absolute atomic E-state index is 9.63. The molecule has 0 unspecified atom stereocenters. The van der Waals surface area contributed by atoms with E-state index < -0.39 is 0 Å². The number of hydrogen-bond donors (Lipinski definition) is 1. The number of para-hydroxylation sites is 1. The van der Waals surface area contributed by atoms with E-state index in [4.69, 9.17) is 0 Å². The number of rotatable bonds is 10. The van der Waals surface area contributed by atoms with Gasteiger partial charge in [-0.3, -0.25) is 0 Å². The third-order valence-corrected chi connectivity index (χ3v) is 3.13. The van der Waals surface area contributed by atoms with Crippen molar-refractivity contribution in [3.8, 4) is 5.75 Å². The third-order valence-electron chi connectivity index (χ3n) is 3.13. The van der Waals surface area contributed by atoms with Crippen LogP contribution >= 0.6 is 0 Å². The average molecular weight is 354 g/mol. The molecule has 0 aromatic heterocycles. The third kappa shape index (κ3) is 12.4. The molecule has 1 rings (SSSR count). The average Bonchev–Trinajstić information content (AvgIpc) is 2.68. The first-order valence-electron chi connectivity index (χ1n) is 8.75. The van der Waals surface area contributed by atoms with E-state index >= 15 is 0 Å². The fourth-order valence-corrected chi connectivity index (χ4v) is 1.83. The molecular weight excluding hydrogens is 328 g/mol. The van der Waals surface area contributed by atoms with Gasteiger partial charge in [0.1, 0.15) is 5.75 Å². The van der Waals surface area contributed by atoms with Crippen molar-refractivity contribution in [3.05, 3.63) is 146 Å². The molecule has 0 fully saturated rings. The van der Waals surface area contributed by atoms with E-state index in [1.54, 1.807) is 18.2 Å². The van der Waals surface area contributed by atoms with E-state index in [0.29, 0.717) is 0 Å². The molecule has 0 aliphatic heterocycles. The van der Waals surface area contributed by atoms with Crippen LogP contribution < -0.4 is 0 Å². The van der Waals surface area contributed by atoms with Crippen molar-refractivity contribution in [1.29, 1.82) is 0 Å². The van der Waals surface area contributed by atoms with E-state index in [0.717, 1.165) is 5.56 Å². The lowest BCUT2D eigenvalue weighted by Crippen LogP contribution is -1.71. The van der Waals surface area contributed by atoms with Gasteiger partial charge in [0, 0.05) is 5.56 Å². The van der Waals surface area contributed by atoms with Crippen LogP contribution in [0.15, 0.2) is 140 Å². The van der Waals surface area contributed by atoms with E-state index in [2.05, 4.69) is 6.58 Å². The van der Waals surface area contributed by atoms with Gasteiger partial charge in [0.2, 0.25) is 0 Å². The molecule has 0 spiro atoms. The van der Waals surface area contributed by atoms with E-state index in [-0.39, 0.29) is 5.75 Å². The molecule has 1 N–H and O–H groups in total. The van der Waals surface area contributed by atoms with Crippen molar-refractivity contribution >= 4 is 6.08 Å². The second-order valence-corrected chi connectivity index (χ2v) is 5.23. The minimum absolute atomic E-state index is 0.286. The van der Waals surface area contributed by atoms with Gasteiger partial charge in [-0.2, -0.15) is 0 Å². The van der Waals surface area contributed by atoms with Crippen molar-refractivity contribution in [3.63, 3.8) is 0 Å². The Morgan fingerprint density at radius 2 is 0.889 bits per heavy atom. The highest BCUT2D eigenvalue weighted by Gasteiger charge is 1.91. The van der Waals surface area contributed by atoms with Gasteiger partial charge in [-0.05, 0) is 6.07 Å². The molecule has 0 bridgehead atoms. The number of hydrogen-bond acceptors (Lipinski definition) is 1. The fourth-order valence-electron chi connectivity index (χ4n) is 1.83. The van der Waals surface area contributed by atoms with Gasteiger partial charge in [0.15, 0.2) is 0 Å². The molecule has 0 radical (unpaired) electrons. The molecule has 0 aliphatic rings. The molecule has 1 heteroatoms. The molecule has 0 atom stereocenters. The molecule has 136 valence electrons. The SMILES string of the molecule is C=CC=CC=CC=CC=CC=CC=CC=CC=CC=Cc1ccccc1O. The van der Waals surface area contributed by atoms with Crippen LogP contribution in [0.1, 0.15) is 5.56 Å². The molecule has 0 saturated heterocycles. The molecule has 0 amide bonds. The Bertz CT molecular complexity index is 806. The van der Waals surface area contributed by atoms with Crippen LogP contribution in [-0.4, -0.2) is 5.11 Å². The lowest BCUT2D eigenvalue weighted by atomic mass is 10.2. The Labute approximate surface area is 163 Å². The summed E-state index contributed by atoms with van der Waals surface area (Å²) in [5.74, 6) is 0.286. The first kappa shape index (κ1) is 21.5. The highest BCUT2D eigenvalue weighted by atomic mass is 16.3. The van der Waals surface area contributed by atoms with Crippen LogP contribution in [0.2, 0.25) is 0 Å². The minimum atomic E-state index is 0.286. The zero-order chi connectivity index (χ0) is 19.4. The standard InChI is InChI=1S/C26H26O/c1-2-3-4-5-6-7-8-9-10-11-12-13-14-15-16-17-18-19-22-25-23-20-21-24-26(25)27/h2-24,27H,1H2. The van der Waals surface area contributed by atoms with E-state index in [9.17, 15) is 5.11 Å². The van der Waals surface area contributed by atoms with Crippen LogP contribution in [-0.2, 0) is 0 Å². The quantitative estimate of drug-likeness (QED) is 0.447. The Balaban J connectivity index is 2.24. The predicted octanol–water partition coefficient (Wildman–Crippen LogP) is 7.04. The van der Waals surface area contributed by atoms with Gasteiger partial charge < -0.3 is 5.11 Å². The van der Waals surface area contributed by atoms with Gasteiger partial charge in [0.05, 0.1) is 0 Å². The molecule has 0 aliphatic carbocycles.